The molecule has 0 fully saturated rings. The Kier molecular flexibility index (Phi) is 2.97. The number of rotatable bonds is 2. The molecule has 5 N–H and O–H groups in total. The van der Waals surface area contributed by atoms with Crippen molar-refractivity contribution in [1.82, 2.24) is 15.4 Å². The van der Waals surface area contributed by atoms with Gasteiger partial charge in [-0.1, -0.05) is 0 Å². The lowest BCUT2D eigenvalue weighted by Gasteiger charge is -1.97. The molecule has 0 aliphatic rings. The van der Waals surface area contributed by atoms with E-state index in [0.717, 1.165) is 5.69 Å². The lowest BCUT2D eigenvalue weighted by molar-refractivity contribution is 0.921. The lowest BCUT2D eigenvalue weighted by Crippen LogP contribution is -2.37. The summed E-state index contributed by atoms with van der Waals surface area (Å²) in [6.07, 6.45) is 3.10. The van der Waals surface area contributed by atoms with Crippen molar-refractivity contribution >= 4 is 5.96 Å². The summed E-state index contributed by atoms with van der Waals surface area (Å²) in [7, 11) is 0. The normalized spacial score (nSPS) is 11.2. The maximum atomic E-state index is 5.29. The van der Waals surface area contributed by atoms with E-state index in [2.05, 4.69) is 20.4 Å². The molecule has 0 saturated carbocycles. The van der Waals surface area contributed by atoms with Crippen molar-refractivity contribution in [1.29, 1.82) is 0 Å². The number of nitrogens with two attached hydrogens (primary N) is 2. The van der Waals surface area contributed by atoms with Crippen molar-refractivity contribution < 1.29 is 0 Å². The smallest absolute Gasteiger partial charge is 0.203 e. The van der Waals surface area contributed by atoms with E-state index in [1.807, 2.05) is 0 Å². The van der Waals surface area contributed by atoms with Gasteiger partial charge in [-0.3, -0.25) is 5.43 Å². The van der Waals surface area contributed by atoms with Crippen molar-refractivity contribution in [3.8, 4) is 0 Å². The number of nitrogens with one attached hydrogen (secondary N) is 1. The molecule has 0 spiro atoms. The average molecular weight is 166 g/mol. The summed E-state index contributed by atoms with van der Waals surface area (Å²) >= 11 is 0. The lowest BCUT2D eigenvalue weighted by atomic mass is 10.4. The molecule has 6 nitrogen and oxygen atoms in total. The summed E-state index contributed by atoms with van der Waals surface area (Å²) in [4.78, 5) is 11.6. The van der Waals surface area contributed by atoms with E-state index in [0.29, 0.717) is 6.54 Å². The van der Waals surface area contributed by atoms with Gasteiger partial charge in [0, 0.05) is 6.20 Å². The molecule has 64 valence electrons. The van der Waals surface area contributed by atoms with Crippen LogP contribution in [0.1, 0.15) is 5.69 Å². The predicted octanol–water partition coefficient (Wildman–Crippen LogP) is -1.25. The van der Waals surface area contributed by atoms with Crippen LogP contribution in [-0.2, 0) is 6.54 Å². The number of hydrogen-bond donors (Lipinski definition) is 3. The Morgan fingerprint density at radius 1 is 1.67 bits per heavy atom. The molecule has 0 aliphatic heterocycles. The van der Waals surface area contributed by atoms with Gasteiger partial charge in [0.15, 0.2) is 0 Å². The number of aliphatic imine (C=N–C) groups is 1. The van der Waals surface area contributed by atoms with Gasteiger partial charge in [0.1, 0.15) is 6.33 Å². The highest BCUT2D eigenvalue weighted by Gasteiger charge is 1.90. The molecule has 0 bridgehead atoms. The van der Waals surface area contributed by atoms with Gasteiger partial charge < -0.3 is 5.73 Å². The molecule has 0 radical (unpaired) electrons. The van der Waals surface area contributed by atoms with Crippen LogP contribution in [0.5, 0.6) is 0 Å². The van der Waals surface area contributed by atoms with E-state index >= 15 is 0 Å². The maximum Gasteiger partial charge on any atom is 0.203 e. The number of nitrogens with zero attached hydrogens (tertiary/aromatic N) is 3. The van der Waals surface area contributed by atoms with Gasteiger partial charge in [-0.25, -0.2) is 20.8 Å². The minimum absolute atomic E-state index is 0.189. The Labute approximate surface area is 69.7 Å². The number of aromatic nitrogens is 2. The summed E-state index contributed by atoms with van der Waals surface area (Å²) in [6, 6.07) is 1.76. The van der Waals surface area contributed by atoms with E-state index in [-0.39, 0.29) is 5.96 Å². The Hall–Kier alpha value is -1.69. The first-order valence-corrected chi connectivity index (χ1v) is 3.34. The first kappa shape index (κ1) is 8.41. The summed E-state index contributed by atoms with van der Waals surface area (Å²) < 4.78 is 0. The van der Waals surface area contributed by atoms with Gasteiger partial charge in [0.05, 0.1) is 12.2 Å². The summed E-state index contributed by atoms with van der Waals surface area (Å²) in [5.41, 5.74) is 8.31. The first-order valence-electron chi connectivity index (χ1n) is 3.34. The van der Waals surface area contributed by atoms with Crippen molar-refractivity contribution in [3.05, 3.63) is 24.3 Å². The summed E-state index contributed by atoms with van der Waals surface area (Å²) in [6.45, 7) is 0.401. The maximum absolute atomic E-state index is 5.29. The Morgan fingerprint density at radius 2 is 2.50 bits per heavy atom. The van der Waals surface area contributed by atoms with Crippen molar-refractivity contribution in [2.24, 2.45) is 16.6 Å². The van der Waals surface area contributed by atoms with E-state index in [1.54, 1.807) is 12.3 Å². The van der Waals surface area contributed by atoms with Crippen LogP contribution in [0.2, 0.25) is 0 Å². The molecule has 1 rings (SSSR count). The van der Waals surface area contributed by atoms with Crippen LogP contribution in [0.4, 0.5) is 0 Å². The van der Waals surface area contributed by atoms with E-state index in [9.17, 15) is 0 Å². The summed E-state index contributed by atoms with van der Waals surface area (Å²) in [5, 5.41) is 0. The molecule has 1 aromatic heterocycles. The van der Waals surface area contributed by atoms with Crippen LogP contribution in [-0.4, -0.2) is 15.9 Å². The molecule has 1 aromatic rings. The van der Waals surface area contributed by atoms with Gasteiger partial charge >= 0.3 is 0 Å². The molecule has 0 saturated heterocycles. The van der Waals surface area contributed by atoms with Crippen molar-refractivity contribution in [3.63, 3.8) is 0 Å². The van der Waals surface area contributed by atoms with Crippen LogP contribution in [0.15, 0.2) is 23.6 Å². The van der Waals surface area contributed by atoms with Crippen LogP contribution in [0.25, 0.3) is 0 Å². The zero-order valence-electron chi connectivity index (χ0n) is 6.44. The predicted molar refractivity (Wildman–Crippen MR) is 44.7 cm³/mol. The molecule has 12 heavy (non-hydrogen) atoms. The topological polar surface area (TPSA) is 102 Å². The highest BCUT2D eigenvalue weighted by molar-refractivity contribution is 5.76. The van der Waals surface area contributed by atoms with Crippen LogP contribution in [0, 0.1) is 0 Å². The minimum Gasteiger partial charge on any atom is -0.369 e. The van der Waals surface area contributed by atoms with Crippen LogP contribution < -0.4 is 17.0 Å². The largest absolute Gasteiger partial charge is 0.369 e. The van der Waals surface area contributed by atoms with Gasteiger partial charge in [-0.05, 0) is 6.07 Å². The van der Waals surface area contributed by atoms with Crippen molar-refractivity contribution in [2.75, 3.05) is 0 Å². The third-order valence-corrected chi connectivity index (χ3v) is 1.20. The fraction of sp³-hybridized carbons (Fsp3) is 0.167. The molecular formula is C6H10N6. The number of hydrazine groups is 1. The Morgan fingerprint density at radius 3 is 3.08 bits per heavy atom. The second kappa shape index (κ2) is 4.24. The minimum atomic E-state index is 0.189. The fourth-order valence-electron chi connectivity index (χ4n) is 0.623. The second-order valence-corrected chi connectivity index (χ2v) is 2.05. The SMILES string of the molecule is NNC(N)=NCc1ccncn1. The molecule has 1 heterocycles. The highest BCUT2D eigenvalue weighted by atomic mass is 15.3. The number of hydrogen-bond acceptors (Lipinski definition) is 4. The van der Waals surface area contributed by atoms with Gasteiger partial charge in [0.25, 0.3) is 0 Å². The molecule has 6 heteroatoms. The molecule has 0 amide bonds. The Balaban J connectivity index is 2.54. The van der Waals surface area contributed by atoms with E-state index in [4.69, 9.17) is 11.6 Å². The van der Waals surface area contributed by atoms with Gasteiger partial charge in [-0.2, -0.15) is 0 Å². The zero-order valence-corrected chi connectivity index (χ0v) is 6.44. The van der Waals surface area contributed by atoms with Crippen molar-refractivity contribution in [2.45, 2.75) is 6.54 Å². The third-order valence-electron chi connectivity index (χ3n) is 1.20. The zero-order chi connectivity index (χ0) is 8.81. The van der Waals surface area contributed by atoms with E-state index < -0.39 is 0 Å². The second-order valence-electron chi connectivity index (χ2n) is 2.05. The average Bonchev–Trinajstić information content (AvgIpc) is 2.16. The van der Waals surface area contributed by atoms with E-state index in [1.165, 1.54) is 6.33 Å². The fourth-order valence-corrected chi connectivity index (χ4v) is 0.623. The standard InChI is InChI=1S/C6H10N6/c7-6(12-8)10-3-5-1-2-9-4-11-5/h1-2,4H,3,8H2,(H3,7,10,12). The monoisotopic (exact) mass is 166 g/mol. The van der Waals surface area contributed by atoms with Gasteiger partial charge in [-0.15, -0.1) is 0 Å². The molecule has 0 aliphatic carbocycles. The number of guanidine groups is 1. The third kappa shape index (κ3) is 2.51. The molecule has 0 unspecified atom stereocenters. The Bertz CT molecular complexity index is 256. The van der Waals surface area contributed by atoms with Crippen LogP contribution >= 0.6 is 0 Å². The van der Waals surface area contributed by atoms with Crippen LogP contribution in [0.3, 0.4) is 0 Å². The highest BCUT2D eigenvalue weighted by Crippen LogP contribution is 1.92. The quantitative estimate of drug-likeness (QED) is 0.220. The summed E-state index contributed by atoms with van der Waals surface area (Å²) in [5.74, 6) is 5.19. The first-order chi connectivity index (χ1) is 5.83. The molecular weight excluding hydrogens is 156 g/mol. The van der Waals surface area contributed by atoms with Gasteiger partial charge in [0.2, 0.25) is 5.96 Å². The molecule has 0 atom stereocenters. The molecule has 0 aromatic carbocycles.